The number of carboxylic acids is 2. The number of carbonyl (C=O) groups is 2. The summed E-state index contributed by atoms with van der Waals surface area (Å²) in [6.45, 7) is 0. The van der Waals surface area contributed by atoms with Gasteiger partial charge in [-0.25, -0.2) is 4.79 Å². The van der Waals surface area contributed by atoms with Crippen molar-refractivity contribution in [3.8, 4) is 0 Å². The number of furan rings is 1. The molecule has 0 saturated heterocycles. The highest BCUT2D eigenvalue weighted by Gasteiger charge is 2.30. The third-order valence-corrected chi connectivity index (χ3v) is 4.50. The zero-order valence-corrected chi connectivity index (χ0v) is 13.4. The number of rotatable bonds is 6. The first-order chi connectivity index (χ1) is 11.9. The predicted octanol–water partition coefficient (Wildman–Crippen LogP) is 2.11. The molecule has 0 spiro atoms. The molecule has 25 heavy (non-hydrogen) atoms. The van der Waals surface area contributed by atoms with Gasteiger partial charge in [0.25, 0.3) is 0 Å². The van der Waals surface area contributed by atoms with E-state index in [1.165, 1.54) is 18.2 Å². The van der Waals surface area contributed by atoms with Crippen molar-refractivity contribution in [3.05, 3.63) is 42.5 Å². The SMILES string of the molecule is O=C(O)CC(C(=O)O)N(c1ccc2oc3ccccc3c2c1)S(=O)[O-]. The molecular formula is C16H12NO7S-. The van der Waals surface area contributed by atoms with Gasteiger partial charge in [-0.1, -0.05) is 18.2 Å². The van der Waals surface area contributed by atoms with Gasteiger partial charge >= 0.3 is 11.9 Å². The van der Waals surface area contributed by atoms with E-state index in [0.29, 0.717) is 20.9 Å². The molecule has 2 unspecified atom stereocenters. The molecule has 0 aliphatic heterocycles. The molecule has 3 aromatic rings. The van der Waals surface area contributed by atoms with Gasteiger partial charge in [0.15, 0.2) is 0 Å². The van der Waals surface area contributed by atoms with Crippen LogP contribution in [0, 0.1) is 0 Å². The van der Waals surface area contributed by atoms with Crippen LogP contribution >= 0.6 is 0 Å². The highest BCUT2D eigenvalue weighted by atomic mass is 32.2. The number of carboxylic acid groups (broad SMARTS) is 2. The first-order valence-corrected chi connectivity index (χ1v) is 8.16. The van der Waals surface area contributed by atoms with E-state index in [0.717, 1.165) is 5.39 Å². The maximum Gasteiger partial charge on any atom is 0.328 e. The van der Waals surface area contributed by atoms with Crippen LogP contribution in [0.15, 0.2) is 46.9 Å². The average Bonchev–Trinajstić information content (AvgIpc) is 2.91. The smallest absolute Gasteiger partial charge is 0.328 e. The Labute approximate surface area is 143 Å². The fraction of sp³-hybridized carbons (Fsp3) is 0.125. The number of hydrogen-bond acceptors (Lipinski definition) is 5. The van der Waals surface area contributed by atoms with Crippen molar-refractivity contribution < 1.29 is 33.0 Å². The van der Waals surface area contributed by atoms with Gasteiger partial charge in [0.1, 0.15) is 17.2 Å². The zero-order valence-electron chi connectivity index (χ0n) is 12.6. The van der Waals surface area contributed by atoms with Gasteiger partial charge in [0, 0.05) is 22.0 Å². The van der Waals surface area contributed by atoms with Crippen molar-refractivity contribution >= 4 is 50.8 Å². The Bertz CT molecular complexity index is 996. The lowest BCUT2D eigenvalue weighted by molar-refractivity contribution is -0.144. The summed E-state index contributed by atoms with van der Waals surface area (Å²) in [5.41, 5.74) is 1.15. The van der Waals surface area contributed by atoms with Crippen molar-refractivity contribution in [3.63, 3.8) is 0 Å². The van der Waals surface area contributed by atoms with E-state index < -0.39 is 35.7 Å². The Hall–Kier alpha value is -2.91. The van der Waals surface area contributed by atoms with Gasteiger partial charge in [-0.05, 0) is 24.3 Å². The average molecular weight is 362 g/mol. The van der Waals surface area contributed by atoms with Gasteiger partial charge in [-0.2, -0.15) is 0 Å². The lowest BCUT2D eigenvalue weighted by Crippen LogP contribution is -2.43. The molecule has 9 heteroatoms. The van der Waals surface area contributed by atoms with Crippen LogP contribution in [-0.4, -0.2) is 37.0 Å². The minimum atomic E-state index is -2.98. The van der Waals surface area contributed by atoms with Crippen LogP contribution in [-0.2, 0) is 20.9 Å². The first kappa shape index (κ1) is 16.9. The van der Waals surface area contributed by atoms with Gasteiger partial charge in [0.2, 0.25) is 0 Å². The highest BCUT2D eigenvalue weighted by Crippen LogP contribution is 2.32. The lowest BCUT2D eigenvalue weighted by Gasteiger charge is -2.31. The van der Waals surface area contributed by atoms with Gasteiger partial charge in [0.05, 0.1) is 12.1 Å². The third-order valence-electron chi connectivity index (χ3n) is 3.71. The molecule has 0 aliphatic carbocycles. The van der Waals surface area contributed by atoms with E-state index in [9.17, 15) is 23.5 Å². The van der Waals surface area contributed by atoms with Gasteiger partial charge in [-0.3, -0.25) is 13.3 Å². The molecule has 2 aromatic carbocycles. The Kier molecular flexibility index (Phi) is 4.43. The topological polar surface area (TPSA) is 131 Å². The fourth-order valence-electron chi connectivity index (χ4n) is 2.66. The normalized spacial score (nSPS) is 13.6. The largest absolute Gasteiger partial charge is 0.755 e. The number of hydrogen-bond donors (Lipinski definition) is 2. The summed E-state index contributed by atoms with van der Waals surface area (Å²) in [6.07, 6.45) is -0.868. The van der Waals surface area contributed by atoms with E-state index in [1.807, 2.05) is 0 Å². The minimum absolute atomic E-state index is 0.0426. The van der Waals surface area contributed by atoms with Crippen molar-refractivity contribution in [2.24, 2.45) is 0 Å². The monoisotopic (exact) mass is 362 g/mol. The summed E-state index contributed by atoms with van der Waals surface area (Å²) in [4.78, 5) is 22.3. The van der Waals surface area contributed by atoms with E-state index in [-0.39, 0.29) is 5.69 Å². The van der Waals surface area contributed by atoms with Crippen LogP contribution < -0.4 is 4.31 Å². The Morgan fingerprint density at radius 2 is 1.80 bits per heavy atom. The number of anilines is 1. The molecule has 8 nitrogen and oxygen atoms in total. The zero-order chi connectivity index (χ0) is 18.1. The minimum Gasteiger partial charge on any atom is -0.755 e. The van der Waals surface area contributed by atoms with Crippen LogP contribution in [0.4, 0.5) is 5.69 Å². The summed E-state index contributed by atoms with van der Waals surface area (Å²) in [7, 11) is 0. The summed E-state index contributed by atoms with van der Waals surface area (Å²) in [5, 5.41) is 19.5. The van der Waals surface area contributed by atoms with Crippen LogP contribution in [0.25, 0.3) is 21.9 Å². The second-order valence-electron chi connectivity index (χ2n) is 5.27. The van der Waals surface area contributed by atoms with E-state index in [4.69, 9.17) is 9.52 Å². The molecule has 0 fully saturated rings. The van der Waals surface area contributed by atoms with E-state index in [2.05, 4.69) is 0 Å². The first-order valence-electron chi connectivity index (χ1n) is 7.13. The Morgan fingerprint density at radius 3 is 2.44 bits per heavy atom. The number of aliphatic carboxylic acids is 2. The quantitative estimate of drug-likeness (QED) is 0.642. The van der Waals surface area contributed by atoms with E-state index >= 15 is 0 Å². The van der Waals surface area contributed by atoms with Gasteiger partial charge in [-0.15, -0.1) is 0 Å². The summed E-state index contributed by atoms with van der Waals surface area (Å²) < 4.78 is 29.4. The molecule has 1 aromatic heterocycles. The molecular weight excluding hydrogens is 350 g/mol. The number of para-hydroxylation sites is 1. The molecule has 130 valence electrons. The standard InChI is InChI=1S/C16H13NO7S/c18-15(19)8-12(16(20)21)17(25(22)23)9-5-6-14-11(7-9)10-3-1-2-4-13(10)24-14/h1-7,12H,8H2,(H,18,19)(H,20,21)(H,22,23)/p-1. The molecule has 0 aliphatic rings. The van der Waals surface area contributed by atoms with Crippen molar-refractivity contribution in [2.45, 2.75) is 12.5 Å². The molecule has 0 bridgehead atoms. The third kappa shape index (κ3) is 3.19. The van der Waals surface area contributed by atoms with Crippen LogP contribution in [0.5, 0.6) is 0 Å². The Balaban J connectivity index is 2.15. The molecule has 0 radical (unpaired) electrons. The van der Waals surface area contributed by atoms with Crippen molar-refractivity contribution in [1.29, 1.82) is 0 Å². The number of benzene rings is 2. The molecule has 0 saturated carbocycles. The van der Waals surface area contributed by atoms with Crippen LogP contribution in [0.1, 0.15) is 6.42 Å². The van der Waals surface area contributed by atoms with Gasteiger partial charge < -0.3 is 19.2 Å². The maximum absolute atomic E-state index is 11.6. The number of fused-ring (bicyclic) bond motifs is 3. The molecule has 3 rings (SSSR count). The second-order valence-corrected chi connectivity index (χ2v) is 6.10. The maximum atomic E-state index is 11.6. The number of nitrogens with zero attached hydrogens (tertiary/aromatic N) is 1. The molecule has 2 atom stereocenters. The molecule has 1 heterocycles. The second kappa shape index (κ2) is 6.54. The lowest BCUT2D eigenvalue weighted by atomic mass is 10.1. The molecule has 2 N–H and O–H groups in total. The van der Waals surface area contributed by atoms with Crippen molar-refractivity contribution in [2.75, 3.05) is 4.31 Å². The highest BCUT2D eigenvalue weighted by molar-refractivity contribution is 7.80. The summed E-state index contributed by atoms with van der Waals surface area (Å²) in [6, 6.07) is 9.72. The summed E-state index contributed by atoms with van der Waals surface area (Å²) in [5.74, 6) is -2.97. The van der Waals surface area contributed by atoms with E-state index in [1.54, 1.807) is 24.3 Å². The summed E-state index contributed by atoms with van der Waals surface area (Å²) >= 11 is -2.98. The van der Waals surface area contributed by atoms with Crippen LogP contribution in [0.2, 0.25) is 0 Å². The fourth-order valence-corrected chi connectivity index (χ4v) is 3.32. The van der Waals surface area contributed by atoms with Crippen molar-refractivity contribution in [1.82, 2.24) is 0 Å². The van der Waals surface area contributed by atoms with Crippen LogP contribution in [0.3, 0.4) is 0 Å². The predicted molar refractivity (Wildman–Crippen MR) is 88.8 cm³/mol. The Morgan fingerprint density at radius 1 is 1.12 bits per heavy atom. The molecule has 0 amide bonds.